The molecule has 0 aromatic rings. The van der Waals surface area contributed by atoms with E-state index in [1.807, 2.05) is 13.8 Å². The van der Waals surface area contributed by atoms with Crippen LogP contribution in [-0.2, 0) is 4.79 Å². The average Bonchev–Trinajstić information content (AvgIpc) is 2.17. The molecule has 0 heterocycles. The summed E-state index contributed by atoms with van der Waals surface area (Å²) in [6.07, 6.45) is 6.07. The molecule has 0 unspecified atom stereocenters. The van der Waals surface area contributed by atoms with E-state index in [0.29, 0.717) is 11.7 Å². The Hall–Kier alpha value is -0.330. The maximum atomic E-state index is 12.3. The molecule has 1 fully saturated rings. The van der Waals surface area contributed by atoms with Gasteiger partial charge in [-0.2, -0.15) is 0 Å². The Kier molecular flexibility index (Phi) is 3.74. The minimum Gasteiger partial charge on any atom is -0.299 e. The van der Waals surface area contributed by atoms with Crippen LogP contribution in [0.5, 0.6) is 0 Å². The minimum absolute atomic E-state index is 0.0203. The fourth-order valence-corrected chi connectivity index (χ4v) is 2.87. The van der Waals surface area contributed by atoms with E-state index in [-0.39, 0.29) is 11.3 Å². The van der Waals surface area contributed by atoms with E-state index in [1.165, 1.54) is 19.3 Å². The van der Waals surface area contributed by atoms with E-state index in [2.05, 4.69) is 13.8 Å². The van der Waals surface area contributed by atoms with E-state index in [9.17, 15) is 4.79 Å². The minimum atomic E-state index is 0.0203. The zero-order valence-electron chi connectivity index (χ0n) is 10.1. The average molecular weight is 196 g/mol. The van der Waals surface area contributed by atoms with Gasteiger partial charge >= 0.3 is 0 Å². The van der Waals surface area contributed by atoms with Gasteiger partial charge in [-0.15, -0.1) is 0 Å². The number of hydrogen-bond donors (Lipinski definition) is 0. The van der Waals surface area contributed by atoms with Crippen molar-refractivity contribution >= 4 is 5.78 Å². The van der Waals surface area contributed by atoms with Gasteiger partial charge in [-0.25, -0.2) is 0 Å². The van der Waals surface area contributed by atoms with Gasteiger partial charge in [-0.1, -0.05) is 47.0 Å². The van der Waals surface area contributed by atoms with Crippen molar-refractivity contribution in [2.45, 2.75) is 59.8 Å². The second kappa shape index (κ2) is 4.46. The molecule has 0 saturated heterocycles. The highest BCUT2D eigenvalue weighted by atomic mass is 16.1. The molecule has 0 aromatic heterocycles. The van der Waals surface area contributed by atoms with Crippen LogP contribution in [0.15, 0.2) is 0 Å². The molecule has 0 atom stereocenters. The molecule has 0 aliphatic heterocycles. The Morgan fingerprint density at radius 2 is 1.50 bits per heavy atom. The molecular weight excluding hydrogens is 172 g/mol. The molecule has 1 nitrogen and oxygen atoms in total. The largest absolute Gasteiger partial charge is 0.299 e. The van der Waals surface area contributed by atoms with E-state index >= 15 is 0 Å². The zero-order chi connectivity index (χ0) is 10.8. The van der Waals surface area contributed by atoms with Crippen LogP contribution in [-0.4, -0.2) is 5.78 Å². The highest BCUT2D eigenvalue weighted by molar-refractivity contribution is 5.86. The first-order valence-electron chi connectivity index (χ1n) is 6.05. The molecule has 14 heavy (non-hydrogen) atoms. The lowest BCUT2D eigenvalue weighted by molar-refractivity contribution is -0.136. The second-order valence-corrected chi connectivity index (χ2v) is 5.39. The monoisotopic (exact) mass is 196 g/mol. The molecule has 0 bridgehead atoms. The Morgan fingerprint density at radius 1 is 1.00 bits per heavy atom. The predicted octanol–water partition coefficient (Wildman–Crippen LogP) is 3.82. The van der Waals surface area contributed by atoms with Crippen LogP contribution < -0.4 is 0 Å². The number of carbonyl (C=O) groups excluding carboxylic acids is 1. The lowest BCUT2D eigenvalue weighted by Crippen LogP contribution is -2.40. The highest BCUT2D eigenvalue weighted by Gasteiger charge is 2.42. The summed E-state index contributed by atoms with van der Waals surface area (Å²) in [6.45, 7) is 8.51. The van der Waals surface area contributed by atoms with Crippen LogP contribution in [0.3, 0.4) is 0 Å². The molecule has 0 spiro atoms. The summed E-state index contributed by atoms with van der Waals surface area (Å²) < 4.78 is 0. The maximum Gasteiger partial charge on any atom is 0.141 e. The van der Waals surface area contributed by atoms with Gasteiger partial charge in [-0.3, -0.25) is 4.79 Å². The quantitative estimate of drug-likeness (QED) is 0.670. The summed E-state index contributed by atoms with van der Waals surface area (Å²) in [4.78, 5) is 12.3. The SMILES string of the molecule is CC(C)C(=O)C1(C(C)C)CCCCC1. The molecule has 1 saturated carbocycles. The molecule has 1 heteroatoms. The van der Waals surface area contributed by atoms with Crippen LogP contribution in [0.1, 0.15) is 59.8 Å². The molecular formula is C13H24O. The number of ketones is 1. The van der Waals surface area contributed by atoms with Crippen molar-refractivity contribution in [3.05, 3.63) is 0 Å². The smallest absolute Gasteiger partial charge is 0.141 e. The molecule has 0 N–H and O–H groups in total. The van der Waals surface area contributed by atoms with Crippen molar-refractivity contribution < 1.29 is 4.79 Å². The third-order valence-corrected chi connectivity index (χ3v) is 3.87. The van der Waals surface area contributed by atoms with Crippen molar-refractivity contribution in [1.82, 2.24) is 0 Å². The van der Waals surface area contributed by atoms with Crippen molar-refractivity contribution in [3.63, 3.8) is 0 Å². The normalized spacial score (nSPS) is 21.6. The van der Waals surface area contributed by atoms with Gasteiger partial charge in [0.1, 0.15) is 5.78 Å². The van der Waals surface area contributed by atoms with E-state index in [4.69, 9.17) is 0 Å². The van der Waals surface area contributed by atoms with Crippen molar-refractivity contribution in [1.29, 1.82) is 0 Å². The molecule has 1 aliphatic carbocycles. The van der Waals surface area contributed by atoms with Gasteiger partial charge in [0.15, 0.2) is 0 Å². The molecule has 82 valence electrons. The van der Waals surface area contributed by atoms with Crippen LogP contribution in [0, 0.1) is 17.3 Å². The van der Waals surface area contributed by atoms with Crippen LogP contribution in [0.25, 0.3) is 0 Å². The first-order chi connectivity index (χ1) is 6.50. The first-order valence-corrected chi connectivity index (χ1v) is 6.05. The third kappa shape index (κ3) is 2.02. The van der Waals surface area contributed by atoms with Gasteiger partial charge in [0.25, 0.3) is 0 Å². The van der Waals surface area contributed by atoms with Crippen LogP contribution in [0.2, 0.25) is 0 Å². The summed E-state index contributed by atoms with van der Waals surface area (Å²) in [5.74, 6) is 1.22. The maximum absolute atomic E-state index is 12.3. The lowest BCUT2D eigenvalue weighted by atomic mass is 9.62. The summed E-state index contributed by atoms with van der Waals surface area (Å²) >= 11 is 0. The Bertz CT molecular complexity index is 197. The van der Waals surface area contributed by atoms with Gasteiger partial charge in [-0.05, 0) is 18.8 Å². The summed E-state index contributed by atoms with van der Waals surface area (Å²) in [6, 6.07) is 0. The summed E-state index contributed by atoms with van der Waals surface area (Å²) in [5.41, 5.74) is 0.0203. The summed E-state index contributed by atoms with van der Waals surface area (Å²) in [7, 11) is 0. The Labute approximate surface area is 88.3 Å². The third-order valence-electron chi connectivity index (χ3n) is 3.87. The van der Waals surface area contributed by atoms with E-state index in [1.54, 1.807) is 0 Å². The van der Waals surface area contributed by atoms with Gasteiger partial charge in [0.2, 0.25) is 0 Å². The first kappa shape index (κ1) is 11.7. The Balaban J connectivity index is 2.85. The number of rotatable bonds is 3. The molecule has 1 rings (SSSR count). The van der Waals surface area contributed by atoms with Crippen LogP contribution >= 0.6 is 0 Å². The van der Waals surface area contributed by atoms with Gasteiger partial charge in [0, 0.05) is 11.3 Å². The Morgan fingerprint density at radius 3 is 1.86 bits per heavy atom. The number of Topliss-reactive ketones (excluding diaryl/α,β-unsaturated/α-hetero) is 1. The summed E-state index contributed by atoms with van der Waals surface area (Å²) in [5, 5.41) is 0. The van der Waals surface area contributed by atoms with Crippen molar-refractivity contribution in [3.8, 4) is 0 Å². The molecule has 1 aliphatic rings. The predicted molar refractivity (Wildman–Crippen MR) is 60.2 cm³/mol. The standard InChI is InChI=1S/C13H24O/c1-10(2)12(14)13(11(3)4)8-6-5-7-9-13/h10-11H,5-9H2,1-4H3. The number of hydrogen-bond acceptors (Lipinski definition) is 1. The van der Waals surface area contributed by atoms with Crippen molar-refractivity contribution in [2.75, 3.05) is 0 Å². The fourth-order valence-electron chi connectivity index (χ4n) is 2.87. The van der Waals surface area contributed by atoms with E-state index in [0.717, 1.165) is 12.8 Å². The fraction of sp³-hybridized carbons (Fsp3) is 0.923. The molecule has 0 radical (unpaired) electrons. The van der Waals surface area contributed by atoms with Gasteiger partial charge in [0.05, 0.1) is 0 Å². The topological polar surface area (TPSA) is 17.1 Å². The highest BCUT2D eigenvalue weighted by Crippen LogP contribution is 2.44. The van der Waals surface area contributed by atoms with Crippen LogP contribution in [0.4, 0.5) is 0 Å². The zero-order valence-corrected chi connectivity index (χ0v) is 10.1. The van der Waals surface area contributed by atoms with Crippen molar-refractivity contribution in [2.24, 2.45) is 17.3 Å². The lowest BCUT2D eigenvalue weighted by Gasteiger charge is -2.40. The second-order valence-electron chi connectivity index (χ2n) is 5.39. The van der Waals surface area contributed by atoms with Gasteiger partial charge < -0.3 is 0 Å². The number of carbonyl (C=O) groups is 1. The van der Waals surface area contributed by atoms with E-state index < -0.39 is 0 Å². The molecule has 0 amide bonds. The molecule has 0 aromatic carbocycles.